The topological polar surface area (TPSA) is 102 Å². The fourth-order valence-electron chi connectivity index (χ4n) is 2.72. The van der Waals surface area contributed by atoms with E-state index in [2.05, 4.69) is 15.5 Å². The first-order valence-corrected chi connectivity index (χ1v) is 10.3. The maximum atomic E-state index is 12.4. The number of aromatic nitrogens is 2. The van der Waals surface area contributed by atoms with Gasteiger partial charge >= 0.3 is 6.01 Å². The summed E-state index contributed by atoms with van der Waals surface area (Å²) in [6.45, 7) is 7.09. The van der Waals surface area contributed by atoms with Gasteiger partial charge < -0.3 is 4.42 Å². The predicted octanol–water partition coefficient (Wildman–Crippen LogP) is 3.79. The Morgan fingerprint density at radius 1 is 1.00 bits per heavy atom. The molecule has 1 heterocycles. The van der Waals surface area contributed by atoms with Crippen LogP contribution >= 0.6 is 0 Å². The molecular weight excluding hydrogens is 378 g/mol. The fourth-order valence-corrected chi connectivity index (χ4v) is 3.78. The van der Waals surface area contributed by atoms with Crippen molar-refractivity contribution >= 4 is 21.8 Å². The van der Waals surface area contributed by atoms with Gasteiger partial charge in [0, 0.05) is 11.1 Å². The van der Waals surface area contributed by atoms with Gasteiger partial charge in [0.25, 0.3) is 5.91 Å². The molecule has 146 valence electrons. The van der Waals surface area contributed by atoms with Crippen LogP contribution in [-0.2, 0) is 9.84 Å². The van der Waals surface area contributed by atoms with E-state index in [4.69, 9.17) is 4.42 Å². The molecule has 0 fully saturated rings. The van der Waals surface area contributed by atoms with Crippen molar-refractivity contribution in [3.8, 4) is 11.5 Å². The zero-order valence-electron chi connectivity index (χ0n) is 16.1. The van der Waals surface area contributed by atoms with Crippen LogP contribution in [0.1, 0.15) is 35.3 Å². The van der Waals surface area contributed by atoms with Crippen LogP contribution in [-0.4, -0.2) is 29.8 Å². The Balaban J connectivity index is 1.78. The lowest BCUT2D eigenvalue weighted by Gasteiger charge is -2.07. The van der Waals surface area contributed by atoms with Crippen LogP contribution in [0.5, 0.6) is 0 Å². The zero-order chi connectivity index (χ0) is 20.5. The molecule has 0 atom stereocenters. The van der Waals surface area contributed by atoms with Gasteiger partial charge in [-0.1, -0.05) is 22.3 Å². The van der Waals surface area contributed by atoms with Gasteiger partial charge in [-0.15, -0.1) is 5.10 Å². The van der Waals surface area contributed by atoms with Crippen LogP contribution in [0, 0.1) is 13.8 Å². The number of benzene rings is 2. The summed E-state index contributed by atoms with van der Waals surface area (Å²) in [4.78, 5) is 12.6. The quantitative estimate of drug-likeness (QED) is 0.700. The van der Waals surface area contributed by atoms with Gasteiger partial charge in [-0.05, 0) is 64.1 Å². The molecule has 0 aliphatic rings. The van der Waals surface area contributed by atoms with Crippen molar-refractivity contribution in [1.29, 1.82) is 0 Å². The summed E-state index contributed by atoms with van der Waals surface area (Å²) in [5.74, 6) is -0.162. The molecule has 0 radical (unpaired) electrons. The van der Waals surface area contributed by atoms with Gasteiger partial charge in [0.05, 0.1) is 10.1 Å². The number of amides is 1. The Morgan fingerprint density at radius 2 is 1.61 bits per heavy atom. The molecule has 7 nitrogen and oxygen atoms in total. The molecular formula is C20H21N3O4S. The van der Waals surface area contributed by atoms with E-state index in [1.165, 1.54) is 12.1 Å². The van der Waals surface area contributed by atoms with E-state index in [9.17, 15) is 13.2 Å². The molecule has 0 bridgehead atoms. The number of nitrogens with zero attached hydrogens (tertiary/aromatic N) is 2. The molecule has 28 heavy (non-hydrogen) atoms. The number of carbonyl (C=O) groups is 1. The lowest BCUT2D eigenvalue weighted by atomic mass is 10.1. The molecule has 2 aromatic carbocycles. The minimum atomic E-state index is -3.35. The number of hydrogen-bond acceptors (Lipinski definition) is 6. The Kier molecular flexibility index (Phi) is 5.33. The van der Waals surface area contributed by atoms with Crippen molar-refractivity contribution in [2.24, 2.45) is 0 Å². The number of carbonyl (C=O) groups excluding carboxylic acids is 1. The number of rotatable bonds is 5. The van der Waals surface area contributed by atoms with Gasteiger partial charge in [0.2, 0.25) is 5.89 Å². The van der Waals surface area contributed by atoms with Crippen molar-refractivity contribution in [2.75, 3.05) is 5.32 Å². The van der Waals surface area contributed by atoms with E-state index < -0.39 is 15.1 Å². The van der Waals surface area contributed by atoms with E-state index in [1.54, 1.807) is 38.1 Å². The monoisotopic (exact) mass is 399 g/mol. The van der Waals surface area contributed by atoms with Gasteiger partial charge in [0.1, 0.15) is 0 Å². The van der Waals surface area contributed by atoms with Crippen LogP contribution in [0.2, 0.25) is 0 Å². The summed E-state index contributed by atoms with van der Waals surface area (Å²) in [6.07, 6.45) is 0. The number of anilines is 1. The molecule has 0 spiro atoms. The lowest BCUT2D eigenvalue weighted by Crippen LogP contribution is -2.13. The Bertz CT molecular complexity index is 1100. The minimum absolute atomic E-state index is 0.0296. The van der Waals surface area contributed by atoms with E-state index in [-0.39, 0.29) is 22.7 Å². The van der Waals surface area contributed by atoms with Gasteiger partial charge in [-0.3, -0.25) is 10.1 Å². The molecule has 1 N–H and O–H groups in total. The first-order chi connectivity index (χ1) is 13.2. The first-order valence-electron chi connectivity index (χ1n) is 8.74. The number of hydrogen-bond donors (Lipinski definition) is 1. The SMILES string of the molecule is Cc1cc(C)cc(C(=O)Nc2nnc(-c3ccc(S(=O)(=O)C(C)C)cc3)o2)c1. The predicted molar refractivity (Wildman–Crippen MR) is 106 cm³/mol. The summed E-state index contributed by atoms with van der Waals surface area (Å²) in [6, 6.07) is 11.7. The highest BCUT2D eigenvalue weighted by atomic mass is 32.2. The van der Waals surface area contributed by atoms with E-state index in [0.29, 0.717) is 11.1 Å². The highest BCUT2D eigenvalue weighted by molar-refractivity contribution is 7.92. The van der Waals surface area contributed by atoms with Crippen LogP contribution in [0.3, 0.4) is 0 Å². The van der Waals surface area contributed by atoms with Gasteiger partial charge in [0.15, 0.2) is 9.84 Å². The molecule has 0 saturated heterocycles. The maximum Gasteiger partial charge on any atom is 0.322 e. The first kappa shape index (κ1) is 19.8. The molecule has 8 heteroatoms. The van der Waals surface area contributed by atoms with Crippen molar-refractivity contribution in [1.82, 2.24) is 10.2 Å². The second kappa shape index (κ2) is 7.55. The Labute approximate surface area is 163 Å². The van der Waals surface area contributed by atoms with Crippen LogP contribution in [0.4, 0.5) is 6.01 Å². The molecule has 0 aliphatic carbocycles. The van der Waals surface area contributed by atoms with Crippen LogP contribution in [0.25, 0.3) is 11.5 Å². The molecule has 0 saturated carbocycles. The second-order valence-corrected chi connectivity index (χ2v) is 9.37. The fraction of sp³-hybridized carbons (Fsp3) is 0.250. The van der Waals surface area contributed by atoms with E-state index in [0.717, 1.165) is 11.1 Å². The summed E-state index contributed by atoms with van der Waals surface area (Å²) in [7, 11) is -3.35. The summed E-state index contributed by atoms with van der Waals surface area (Å²) in [5.41, 5.74) is 3.02. The normalized spacial score (nSPS) is 11.6. The van der Waals surface area contributed by atoms with Crippen molar-refractivity contribution < 1.29 is 17.6 Å². The Hall–Kier alpha value is -3.00. The van der Waals surface area contributed by atoms with Gasteiger partial charge in [-0.25, -0.2) is 8.42 Å². The maximum absolute atomic E-state index is 12.4. The molecule has 0 aliphatic heterocycles. The summed E-state index contributed by atoms with van der Waals surface area (Å²) < 4.78 is 29.9. The summed E-state index contributed by atoms with van der Waals surface area (Å²) >= 11 is 0. The van der Waals surface area contributed by atoms with Crippen LogP contribution < -0.4 is 5.32 Å². The van der Waals surface area contributed by atoms with Gasteiger partial charge in [-0.2, -0.15) is 0 Å². The number of aryl methyl sites for hydroxylation is 2. The van der Waals surface area contributed by atoms with Crippen molar-refractivity contribution in [3.05, 3.63) is 59.2 Å². The Morgan fingerprint density at radius 3 is 2.18 bits per heavy atom. The molecule has 1 aromatic heterocycles. The van der Waals surface area contributed by atoms with E-state index in [1.807, 2.05) is 19.9 Å². The highest BCUT2D eigenvalue weighted by Crippen LogP contribution is 2.23. The third-order valence-corrected chi connectivity index (χ3v) is 6.35. The van der Waals surface area contributed by atoms with E-state index >= 15 is 0 Å². The lowest BCUT2D eigenvalue weighted by molar-refractivity contribution is 0.102. The van der Waals surface area contributed by atoms with Crippen LogP contribution in [0.15, 0.2) is 51.8 Å². The third-order valence-electron chi connectivity index (χ3n) is 4.18. The minimum Gasteiger partial charge on any atom is -0.403 e. The second-order valence-electron chi connectivity index (χ2n) is 6.86. The molecule has 3 rings (SSSR count). The molecule has 0 unspecified atom stereocenters. The zero-order valence-corrected chi connectivity index (χ0v) is 16.9. The highest BCUT2D eigenvalue weighted by Gasteiger charge is 2.19. The van der Waals surface area contributed by atoms with Crippen molar-refractivity contribution in [3.63, 3.8) is 0 Å². The smallest absolute Gasteiger partial charge is 0.322 e. The number of nitrogens with one attached hydrogen (secondary N) is 1. The standard InChI is InChI=1S/C20H21N3O4S/c1-12(2)28(25,26)17-7-5-15(6-8-17)19-22-23-20(27-19)21-18(24)16-10-13(3)9-14(4)11-16/h5-12H,1-4H3,(H,21,23,24). The average molecular weight is 399 g/mol. The van der Waals surface area contributed by atoms with Crippen molar-refractivity contribution in [2.45, 2.75) is 37.8 Å². The largest absolute Gasteiger partial charge is 0.403 e. The number of sulfone groups is 1. The third kappa shape index (κ3) is 4.12. The average Bonchev–Trinajstić information content (AvgIpc) is 3.09. The summed E-state index contributed by atoms with van der Waals surface area (Å²) in [5, 5.41) is 9.82. The molecule has 3 aromatic rings. The molecule has 1 amide bonds.